The molecule has 1 amide bonds. The maximum Gasteiger partial charge on any atom is 0.308 e. The summed E-state index contributed by atoms with van der Waals surface area (Å²) in [6.45, 7) is 2.17. The second-order valence-corrected chi connectivity index (χ2v) is 6.23. The van der Waals surface area contributed by atoms with E-state index in [1.54, 1.807) is 18.2 Å². The van der Waals surface area contributed by atoms with Crippen LogP contribution < -0.4 is 4.90 Å². The van der Waals surface area contributed by atoms with Gasteiger partial charge >= 0.3 is 5.97 Å². The SMILES string of the molecule is Cc1ccccc1-c1nc2cc(N3C[C@@H](C(=O)O)CC3=O)ccc2o1. The lowest BCUT2D eigenvalue weighted by Crippen LogP contribution is -2.25. The number of aliphatic carboxylic acids is 1. The standard InChI is InChI=1S/C19H16N2O4/c1-11-4-2-3-5-14(11)18-20-15-9-13(6-7-16(15)25-18)21-10-12(19(23)24)8-17(21)22/h2-7,9,12H,8,10H2,1H3,(H,23,24)/t12-/m0/s1. The largest absolute Gasteiger partial charge is 0.481 e. The maximum atomic E-state index is 12.1. The van der Waals surface area contributed by atoms with E-state index < -0.39 is 11.9 Å². The van der Waals surface area contributed by atoms with Crippen LogP contribution in [0.25, 0.3) is 22.6 Å². The van der Waals surface area contributed by atoms with Crippen LogP contribution in [0.1, 0.15) is 12.0 Å². The lowest BCUT2D eigenvalue weighted by molar-refractivity contribution is -0.141. The van der Waals surface area contributed by atoms with Crippen molar-refractivity contribution in [2.75, 3.05) is 11.4 Å². The van der Waals surface area contributed by atoms with Crippen molar-refractivity contribution >= 4 is 28.7 Å². The number of hydrogen-bond acceptors (Lipinski definition) is 4. The first-order valence-corrected chi connectivity index (χ1v) is 8.02. The van der Waals surface area contributed by atoms with Crippen molar-refractivity contribution in [3.8, 4) is 11.5 Å². The fourth-order valence-corrected chi connectivity index (χ4v) is 3.13. The number of hydrogen-bond donors (Lipinski definition) is 1. The highest BCUT2D eigenvalue weighted by atomic mass is 16.4. The van der Waals surface area contributed by atoms with Gasteiger partial charge in [-0.2, -0.15) is 0 Å². The lowest BCUT2D eigenvalue weighted by atomic mass is 10.1. The van der Waals surface area contributed by atoms with Gasteiger partial charge in [-0.15, -0.1) is 0 Å². The van der Waals surface area contributed by atoms with Gasteiger partial charge in [0, 0.05) is 24.2 Å². The minimum Gasteiger partial charge on any atom is -0.481 e. The molecule has 1 aliphatic rings. The molecule has 25 heavy (non-hydrogen) atoms. The quantitative estimate of drug-likeness (QED) is 0.794. The third-order valence-corrected chi connectivity index (χ3v) is 4.53. The van der Waals surface area contributed by atoms with Crippen LogP contribution in [0.2, 0.25) is 0 Å². The Hall–Kier alpha value is -3.15. The molecule has 0 bridgehead atoms. The number of carbonyl (C=O) groups excluding carboxylic acids is 1. The smallest absolute Gasteiger partial charge is 0.308 e. The van der Waals surface area contributed by atoms with Crippen LogP contribution in [-0.4, -0.2) is 28.5 Å². The fraction of sp³-hybridized carbons (Fsp3) is 0.211. The summed E-state index contributed by atoms with van der Waals surface area (Å²) in [5, 5.41) is 9.12. The van der Waals surface area contributed by atoms with Crippen molar-refractivity contribution in [3.05, 3.63) is 48.0 Å². The second-order valence-electron chi connectivity index (χ2n) is 6.23. The van der Waals surface area contributed by atoms with Crippen LogP contribution in [0.3, 0.4) is 0 Å². The number of carboxylic acids is 1. The molecule has 0 unspecified atom stereocenters. The zero-order chi connectivity index (χ0) is 17.6. The number of nitrogens with zero attached hydrogens (tertiary/aromatic N) is 2. The molecule has 6 heteroatoms. The first kappa shape index (κ1) is 15.4. The molecule has 0 radical (unpaired) electrons. The lowest BCUT2D eigenvalue weighted by Gasteiger charge is -2.15. The molecule has 2 heterocycles. The summed E-state index contributed by atoms with van der Waals surface area (Å²) >= 11 is 0. The summed E-state index contributed by atoms with van der Waals surface area (Å²) < 4.78 is 5.83. The molecule has 1 saturated heterocycles. The first-order valence-electron chi connectivity index (χ1n) is 8.02. The third-order valence-electron chi connectivity index (χ3n) is 4.53. The zero-order valence-corrected chi connectivity index (χ0v) is 13.6. The van der Waals surface area contributed by atoms with E-state index in [1.807, 2.05) is 31.2 Å². The van der Waals surface area contributed by atoms with Gasteiger partial charge in [0.15, 0.2) is 5.58 Å². The van der Waals surface area contributed by atoms with Crippen LogP contribution in [-0.2, 0) is 9.59 Å². The Morgan fingerprint density at radius 3 is 2.80 bits per heavy atom. The van der Waals surface area contributed by atoms with E-state index >= 15 is 0 Å². The van der Waals surface area contributed by atoms with Crippen LogP contribution in [0, 0.1) is 12.8 Å². The Kier molecular flexibility index (Phi) is 3.53. The maximum absolute atomic E-state index is 12.1. The number of aromatic nitrogens is 1. The monoisotopic (exact) mass is 336 g/mol. The summed E-state index contributed by atoms with van der Waals surface area (Å²) in [4.78, 5) is 29.3. The molecule has 1 aromatic heterocycles. The van der Waals surface area contributed by atoms with Gasteiger partial charge in [0.25, 0.3) is 0 Å². The number of carboxylic acid groups (broad SMARTS) is 1. The highest BCUT2D eigenvalue weighted by Gasteiger charge is 2.35. The van der Waals surface area contributed by atoms with Gasteiger partial charge in [0.2, 0.25) is 11.8 Å². The number of fused-ring (bicyclic) bond motifs is 1. The van der Waals surface area contributed by atoms with Crippen LogP contribution in [0.4, 0.5) is 5.69 Å². The molecule has 1 atom stereocenters. The number of benzene rings is 2. The molecule has 126 valence electrons. The Labute approximate surface area is 143 Å². The predicted molar refractivity (Wildman–Crippen MR) is 92.3 cm³/mol. The molecular formula is C19H16N2O4. The number of rotatable bonds is 3. The Morgan fingerprint density at radius 2 is 2.08 bits per heavy atom. The molecule has 4 rings (SSSR count). The predicted octanol–water partition coefficient (Wildman–Crippen LogP) is 3.24. The Morgan fingerprint density at radius 1 is 1.28 bits per heavy atom. The highest BCUT2D eigenvalue weighted by Crippen LogP contribution is 2.31. The van der Waals surface area contributed by atoms with Crippen molar-refractivity contribution in [2.45, 2.75) is 13.3 Å². The summed E-state index contributed by atoms with van der Waals surface area (Å²) in [5.41, 5.74) is 3.90. The van der Waals surface area contributed by atoms with Crippen molar-refractivity contribution < 1.29 is 19.1 Å². The van der Waals surface area contributed by atoms with Gasteiger partial charge in [-0.05, 0) is 36.8 Å². The van der Waals surface area contributed by atoms with Crippen LogP contribution in [0.5, 0.6) is 0 Å². The average Bonchev–Trinajstić information content (AvgIpc) is 3.18. The van der Waals surface area contributed by atoms with Gasteiger partial charge < -0.3 is 14.4 Å². The van der Waals surface area contributed by atoms with Gasteiger partial charge in [0.1, 0.15) is 5.52 Å². The summed E-state index contributed by atoms with van der Waals surface area (Å²) in [6, 6.07) is 13.1. The van der Waals surface area contributed by atoms with Crippen molar-refractivity contribution in [2.24, 2.45) is 5.92 Å². The minimum absolute atomic E-state index is 0.0284. The molecule has 2 aromatic carbocycles. The molecule has 0 aliphatic carbocycles. The summed E-state index contributed by atoms with van der Waals surface area (Å²) in [6.07, 6.45) is 0.0284. The molecule has 1 aliphatic heterocycles. The molecule has 1 N–H and O–H groups in total. The van der Waals surface area contributed by atoms with Crippen molar-refractivity contribution in [3.63, 3.8) is 0 Å². The number of aryl methyl sites for hydroxylation is 1. The Bertz CT molecular complexity index is 992. The topological polar surface area (TPSA) is 83.6 Å². The number of carbonyl (C=O) groups is 2. The average molecular weight is 336 g/mol. The van der Waals surface area contributed by atoms with Crippen molar-refractivity contribution in [1.82, 2.24) is 4.98 Å². The fourth-order valence-electron chi connectivity index (χ4n) is 3.13. The third kappa shape index (κ3) is 2.65. The molecular weight excluding hydrogens is 320 g/mol. The molecule has 1 fully saturated rings. The molecule has 6 nitrogen and oxygen atoms in total. The number of amides is 1. The zero-order valence-electron chi connectivity index (χ0n) is 13.6. The molecule has 0 spiro atoms. The summed E-state index contributed by atoms with van der Waals surface area (Å²) in [5.74, 6) is -1.26. The van der Waals surface area contributed by atoms with Gasteiger partial charge in [-0.25, -0.2) is 4.98 Å². The normalized spacial score (nSPS) is 17.4. The number of anilines is 1. The van der Waals surface area contributed by atoms with E-state index in [9.17, 15) is 9.59 Å². The van der Waals surface area contributed by atoms with E-state index in [-0.39, 0.29) is 18.9 Å². The van der Waals surface area contributed by atoms with E-state index in [0.29, 0.717) is 22.7 Å². The molecule has 3 aromatic rings. The molecule has 0 saturated carbocycles. The number of oxazole rings is 1. The van der Waals surface area contributed by atoms with E-state index in [0.717, 1.165) is 11.1 Å². The highest BCUT2D eigenvalue weighted by molar-refractivity contribution is 6.00. The van der Waals surface area contributed by atoms with Gasteiger partial charge in [-0.3, -0.25) is 9.59 Å². The first-order chi connectivity index (χ1) is 12.0. The second kappa shape index (κ2) is 5.73. The minimum atomic E-state index is -0.944. The Balaban J connectivity index is 1.71. The van der Waals surface area contributed by atoms with Crippen LogP contribution in [0.15, 0.2) is 46.9 Å². The van der Waals surface area contributed by atoms with E-state index in [2.05, 4.69) is 4.98 Å². The van der Waals surface area contributed by atoms with Gasteiger partial charge in [0.05, 0.1) is 5.92 Å². The summed E-state index contributed by atoms with van der Waals surface area (Å²) in [7, 11) is 0. The van der Waals surface area contributed by atoms with Crippen molar-refractivity contribution in [1.29, 1.82) is 0 Å². The van der Waals surface area contributed by atoms with Crippen LogP contribution >= 0.6 is 0 Å². The van der Waals surface area contributed by atoms with E-state index in [4.69, 9.17) is 9.52 Å². The van der Waals surface area contributed by atoms with E-state index in [1.165, 1.54) is 4.90 Å². The van der Waals surface area contributed by atoms with Gasteiger partial charge in [-0.1, -0.05) is 18.2 Å².